The Morgan fingerprint density at radius 2 is 2.05 bits per heavy atom. The summed E-state index contributed by atoms with van der Waals surface area (Å²) in [4.78, 5) is 4.35. The molecule has 0 saturated carbocycles. The third-order valence-corrected chi connectivity index (χ3v) is 4.27. The van der Waals surface area contributed by atoms with E-state index in [0.29, 0.717) is 18.5 Å². The molecule has 1 heterocycles. The molecule has 19 heavy (non-hydrogen) atoms. The number of sulfonamides is 1. The van der Waals surface area contributed by atoms with Gasteiger partial charge in [0, 0.05) is 24.2 Å². The topological polar surface area (TPSA) is 85.1 Å². The number of nitrogens with two attached hydrogens (primary N) is 1. The van der Waals surface area contributed by atoms with Crippen molar-refractivity contribution in [2.75, 3.05) is 6.54 Å². The quantitative estimate of drug-likeness (QED) is 0.862. The molecule has 5 nitrogen and oxygen atoms in total. The van der Waals surface area contributed by atoms with E-state index >= 15 is 0 Å². The van der Waals surface area contributed by atoms with Gasteiger partial charge in [-0.25, -0.2) is 13.1 Å². The Morgan fingerprint density at radius 1 is 1.32 bits per heavy atom. The van der Waals surface area contributed by atoms with Crippen molar-refractivity contribution in [1.82, 2.24) is 9.71 Å². The van der Waals surface area contributed by atoms with Crippen LogP contribution in [0.2, 0.25) is 0 Å². The minimum absolute atomic E-state index is 0.0339. The van der Waals surface area contributed by atoms with Crippen LogP contribution in [-0.4, -0.2) is 26.0 Å². The highest BCUT2D eigenvalue weighted by molar-refractivity contribution is 7.89. The molecule has 6 heteroatoms. The second-order valence-electron chi connectivity index (χ2n) is 4.50. The standard InChI is InChI=1S/C13H17N3O2S/c1-10(14)7-9-16-19(17,18)12-6-2-4-11-5-3-8-15-13(11)12/h2-6,8,10,16H,7,9,14H2,1H3/t10-/m1/s1. The third kappa shape index (κ3) is 3.28. The molecule has 2 rings (SSSR count). The summed E-state index contributed by atoms with van der Waals surface area (Å²) in [6, 6.07) is 8.69. The van der Waals surface area contributed by atoms with Gasteiger partial charge in [-0.1, -0.05) is 18.2 Å². The molecular weight excluding hydrogens is 262 g/mol. The van der Waals surface area contributed by atoms with Crippen LogP contribution in [0.3, 0.4) is 0 Å². The van der Waals surface area contributed by atoms with Crippen molar-refractivity contribution in [3.8, 4) is 0 Å². The van der Waals surface area contributed by atoms with E-state index < -0.39 is 10.0 Å². The maximum atomic E-state index is 12.2. The zero-order valence-electron chi connectivity index (χ0n) is 10.7. The minimum Gasteiger partial charge on any atom is -0.328 e. The molecule has 0 aliphatic heterocycles. The van der Waals surface area contributed by atoms with Gasteiger partial charge in [-0.15, -0.1) is 0 Å². The molecule has 0 aliphatic carbocycles. The number of para-hydroxylation sites is 1. The fourth-order valence-electron chi connectivity index (χ4n) is 1.79. The number of fused-ring (bicyclic) bond motifs is 1. The van der Waals surface area contributed by atoms with Gasteiger partial charge >= 0.3 is 0 Å². The monoisotopic (exact) mass is 279 g/mol. The normalized spacial score (nSPS) is 13.6. The maximum Gasteiger partial charge on any atom is 0.242 e. The number of hydrogen-bond acceptors (Lipinski definition) is 4. The Kier molecular flexibility index (Phi) is 4.14. The Labute approximate surface area is 112 Å². The van der Waals surface area contributed by atoms with E-state index in [2.05, 4.69) is 9.71 Å². The number of pyridine rings is 1. The highest BCUT2D eigenvalue weighted by Gasteiger charge is 2.17. The van der Waals surface area contributed by atoms with Crippen molar-refractivity contribution < 1.29 is 8.42 Å². The zero-order valence-corrected chi connectivity index (χ0v) is 11.5. The Bertz CT molecular complexity index is 663. The fraction of sp³-hybridized carbons (Fsp3) is 0.308. The average Bonchev–Trinajstić information content (AvgIpc) is 2.37. The summed E-state index contributed by atoms with van der Waals surface area (Å²) in [5, 5.41) is 0.803. The van der Waals surface area contributed by atoms with Gasteiger partial charge in [0.15, 0.2) is 0 Å². The summed E-state index contributed by atoms with van der Waals surface area (Å²) >= 11 is 0. The van der Waals surface area contributed by atoms with Gasteiger partial charge < -0.3 is 5.73 Å². The molecule has 0 spiro atoms. The molecule has 0 fully saturated rings. The molecule has 0 saturated heterocycles. The van der Waals surface area contributed by atoms with Crippen LogP contribution in [0.1, 0.15) is 13.3 Å². The molecular formula is C13H17N3O2S. The maximum absolute atomic E-state index is 12.2. The number of aromatic nitrogens is 1. The van der Waals surface area contributed by atoms with E-state index in [1.165, 1.54) is 0 Å². The number of nitrogens with zero attached hydrogens (tertiary/aromatic N) is 1. The number of hydrogen-bond donors (Lipinski definition) is 2. The largest absolute Gasteiger partial charge is 0.328 e. The van der Waals surface area contributed by atoms with E-state index in [0.717, 1.165) is 5.39 Å². The van der Waals surface area contributed by atoms with Crippen molar-refractivity contribution in [2.24, 2.45) is 5.73 Å². The van der Waals surface area contributed by atoms with Crippen molar-refractivity contribution in [2.45, 2.75) is 24.3 Å². The first-order valence-corrected chi connectivity index (χ1v) is 7.58. The number of nitrogens with one attached hydrogen (secondary N) is 1. The third-order valence-electron chi connectivity index (χ3n) is 2.78. The molecule has 0 radical (unpaired) electrons. The predicted octanol–water partition coefficient (Wildman–Crippen LogP) is 1.25. The number of rotatable bonds is 5. The summed E-state index contributed by atoms with van der Waals surface area (Å²) < 4.78 is 27.0. The van der Waals surface area contributed by atoms with Crippen LogP contribution < -0.4 is 10.5 Å². The van der Waals surface area contributed by atoms with E-state index in [-0.39, 0.29) is 10.9 Å². The lowest BCUT2D eigenvalue weighted by atomic mass is 10.2. The van der Waals surface area contributed by atoms with Crippen LogP contribution in [0.25, 0.3) is 10.9 Å². The molecule has 1 atom stereocenters. The molecule has 102 valence electrons. The zero-order chi connectivity index (χ0) is 13.9. The van der Waals surface area contributed by atoms with Crippen LogP contribution in [0, 0.1) is 0 Å². The summed E-state index contributed by atoms with van der Waals surface area (Å²) in [5.41, 5.74) is 6.09. The van der Waals surface area contributed by atoms with Crippen LogP contribution in [0.5, 0.6) is 0 Å². The van der Waals surface area contributed by atoms with E-state index in [1.54, 1.807) is 24.4 Å². The van der Waals surface area contributed by atoms with Crippen LogP contribution in [0.15, 0.2) is 41.4 Å². The van der Waals surface area contributed by atoms with Crippen molar-refractivity contribution in [1.29, 1.82) is 0 Å². The molecule has 0 amide bonds. The first kappa shape index (κ1) is 13.9. The molecule has 0 bridgehead atoms. The number of benzene rings is 1. The van der Waals surface area contributed by atoms with E-state index in [9.17, 15) is 8.42 Å². The summed E-state index contributed by atoms with van der Waals surface area (Å²) in [6.45, 7) is 2.16. The Morgan fingerprint density at radius 3 is 2.79 bits per heavy atom. The van der Waals surface area contributed by atoms with Crippen molar-refractivity contribution in [3.63, 3.8) is 0 Å². The average molecular weight is 279 g/mol. The van der Waals surface area contributed by atoms with Crippen LogP contribution in [-0.2, 0) is 10.0 Å². The first-order valence-electron chi connectivity index (χ1n) is 6.10. The van der Waals surface area contributed by atoms with E-state index in [1.807, 2.05) is 19.1 Å². The molecule has 1 aromatic heterocycles. The second kappa shape index (κ2) is 5.64. The highest BCUT2D eigenvalue weighted by atomic mass is 32.2. The van der Waals surface area contributed by atoms with Gasteiger partial charge in [0.25, 0.3) is 0 Å². The lowest BCUT2D eigenvalue weighted by Crippen LogP contribution is -2.29. The molecule has 0 aliphatic rings. The van der Waals surface area contributed by atoms with Gasteiger partial charge in [-0.3, -0.25) is 4.98 Å². The lowest BCUT2D eigenvalue weighted by molar-refractivity contribution is 0.572. The fourth-order valence-corrected chi connectivity index (χ4v) is 3.02. The molecule has 0 unspecified atom stereocenters. The van der Waals surface area contributed by atoms with Gasteiger partial charge in [-0.2, -0.15) is 0 Å². The van der Waals surface area contributed by atoms with Crippen molar-refractivity contribution >= 4 is 20.9 Å². The summed E-state index contributed by atoms with van der Waals surface area (Å²) in [7, 11) is -3.55. The molecule has 1 aromatic carbocycles. The van der Waals surface area contributed by atoms with Crippen molar-refractivity contribution in [3.05, 3.63) is 36.5 Å². The van der Waals surface area contributed by atoms with E-state index in [4.69, 9.17) is 5.73 Å². The summed E-state index contributed by atoms with van der Waals surface area (Å²) in [5.74, 6) is 0. The molecule has 2 aromatic rings. The van der Waals surface area contributed by atoms with Crippen LogP contribution >= 0.6 is 0 Å². The SMILES string of the molecule is C[C@@H](N)CCNS(=O)(=O)c1cccc2cccnc12. The first-order chi connectivity index (χ1) is 9.00. The molecule has 3 N–H and O–H groups in total. The smallest absolute Gasteiger partial charge is 0.242 e. The Balaban J connectivity index is 2.33. The minimum atomic E-state index is -3.55. The van der Waals surface area contributed by atoms with Gasteiger partial charge in [0.1, 0.15) is 4.90 Å². The van der Waals surface area contributed by atoms with Gasteiger partial charge in [0.2, 0.25) is 10.0 Å². The van der Waals surface area contributed by atoms with Gasteiger partial charge in [0.05, 0.1) is 5.52 Å². The summed E-state index contributed by atoms with van der Waals surface area (Å²) in [6.07, 6.45) is 2.18. The lowest BCUT2D eigenvalue weighted by Gasteiger charge is -2.10. The Hall–Kier alpha value is -1.50. The second-order valence-corrected chi connectivity index (χ2v) is 6.23. The van der Waals surface area contributed by atoms with Crippen LogP contribution in [0.4, 0.5) is 0 Å². The highest BCUT2D eigenvalue weighted by Crippen LogP contribution is 2.20. The van der Waals surface area contributed by atoms with Gasteiger partial charge in [-0.05, 0) is 25.5 Å². The predicted molar refractivity (Wildman–Crippen MR) is 75.2 cm³/mol.